The fourth-order valence-corrected chi connectivity index (χ4v) is 3.35. The molecule has 1 nitrogen and oxygen atoms in total. The van der Waals surface area contributed by atoms with E-state index in [4.69, 9.17) is 4.74 Å². The molecule has 0 aromatic heterocycles. The molecule has 0 aliphatic heterocycles. The summed E-state index contributed by atoms with van der Waals surface area (Å²) >= 11 is 0. The van der Waals surface area contributed by atoms with E-state index in [2.05, 4.69) is 23.7 Å². The summed E-state index contributed by atoms with van der Waals surface area (Å²) < 4.78 is 60.3. The molecule has 5 heteroatoms. The first-order valence-corrected chi connectivity index (χ1v) is 10.4. The fourth-order valence-electron chi connectivity index (χ4n) is 3.35. The second-order valence-electron chi connectivity index (χ2n) is 7.58. The van der Waals surface area contributed by atoms with Crippen LogP contribution < -0.4 is 0 Å². The first-order valence-electron chi connectivity index (χ1n) is 10.4. The van der Waals surface area contributed by atoms with Crippen molar-refractivity contribution >= 4 is 10.8 Å². The van der Waals surface area contributed by atoms with Crippen LogP contribution >= 0.6 is 0 Å². The van der Waals surface area contributed by atoms with Gasteiger partial charge in [-0.25, -0.2) is 17.6 Å². The van der Waals surface area contributed by atoms with Gasteiger partial charge in [-0.15, -0.1) is 0 Å². The topological polar surface area (TPSA) is 9.23 Å². The minimum Gasteiger partial charge on any atom is -0.384 e. The highest BCUT2D eigenvalue weighted by atomic mass is 19.2. The Balaban J connectivity index is 1.50. The molecule has 0 saturated carbocycles. The lowest BCUT2D eigenvalue weighted by molar-refractivity contribution is 0.202. The number of methoxy groups -OCH3 is 1. The molecule has 4 aromatic carbocycles. The zero-order valence-corrected chi connectivity index (χ0v) is 18.2. The Labute approximate surface area is 195 Å². The van der Waals surface area contributed by atoms with Crippen molar-refractivity contribution < 1.29 is 22.3 Å². The predicted molar refractivity (Wildman–Crippen MR) is 124 cm³/mol. The van der Waals surface area contributed by atoms with Crippen LogP contribution in [0.5, 0.6) is 0 Å². The fraction of sp³-hybridized carbons (Fsp3) is 0.103. The number of hydrogen-bond acceptors (Lipinski definition) is 1. The Hall–Kier alpha value is -4.06. The molecule has 4 aromatic rings. The van der Waals surface area contributed by atoms with Gasteiger partial charge in [0, 0.05) is 23.8 Å². The number of benzene rings is 4. The van der Waals surface area contributed by atoms with Gasteiger partial charge in [0.25, 0.3) is 0 Å². The Morgan fingerprint density at radius 2 is 1.12 bits per heavy atom. The van der Waals surface area contributed by atoms with Crippen LogP contribution in [-0.2, 0) is 11.2 Å². The number of rotatable bonds is 3. The summed E-state index contributed by atoms with van der Waals surface area (Å²) in [6.07, 6.45) is 0.412. The van der Waals surface area contributed by atoms with Gasteiger partial charge >= 0.3 is 0 Å². The minimum atomic E-state index is -0.906. The number of halogens is 4. The van der Waals surface area contributed by atoms with Crippen molar-refractivity contribution in [1.29, 1.82) is 0 Å². The van der Waals surface area contributed by atoms with E-state index in [0.29, 0.717) is 46.1 Å². The van der Waals surface area contributed by atoms with E-state index < -0.39 is 23.3 Å². The summed E-state index contributed by atoms with van der Waals surface area (Å²) in [6, 6.07) is 16.8. The molecule has 0 fully saturated rings. The average molecular weight is 458 g/mol. The molecule has 0 radical (unpaired) electrons. The zero-order chi connectivity index (χ0) is 24.1. The Morgan fingerprint density at radius 3 is 1.74 bits per heavy atom. The lowest BCUT2D eigenvalue weighted by Crippen LogP contribution is -1.99. The summed E-state index contributed by atoms with van der Waals surface area (Å²) in [5.74, 6) is 8.10. The molecular formula is C29H18F4O. The molecular weight excluding hydrogens is 440 g/mol. The van der Waals surface area contributed by atoms with Gasteiger partial charge in [-0.2, -0.15) is 0 Å². The van der Waals surface area contributed by atoms with E-state index in [1.54, 1.807) is 42.5 Å². The summed E-state index contributed by atoms with van der Waals surface area (Å²) in [4.78, 5) is 0. The molecule has 0 heterocycles. The SMILES string of the molecule is COCCc1cc(F)c(C#Cc2ccc(C#Cc3ccc4cc(F)c(F)cc4c3)cc2)c(F)c1. The Bertz CT molecular complexity index is 1460. The minimum absolute atomic E-state index is 0.280. The number of hydrogen-bond donors (Lipinski definition) is 0. The van der Waals surface area contributed by atoms with Crippen molar-refractivity contribution in [2.24, 2.45) is 0 Å². The quantitative estimate of drug-likeness (QED) is 0.256. The monoisotopic (exact) mass is 458 g/mol. The van der Waals surface area contributed by atoms with Crippen LogP contribution in [0.15, 0.2) is 66.7 Å². The standard InChI is InChI=1S/C29H18F4O/c1-34-13-12-22-15-26(30)25(27(31)16-22)11-9-20-4-2-19(3-5-20)6-7-21-8-10-23-17-28(32)29(33)18-24(23)14-21/h2-5,8,10,14-18H,12-13H2,1H3. The largest absolute Gasteiger partial charge is 0.384 e. The molecule has 0 atom stereocenters. The molecule has 4 rings (SSSR count). The van der Waals surface area contributed by atoms with Crippen molar-refractivity contribution in [2.45, 2.75) is 6.42 Å². The van der Waals surface area contributed by atoms with Crippen LogP contribution in [0.3, 0.4) is 0 Å². The van der Waals surface area contributed by atoms with Gasteiger partial charge in [0.1, 0.15) is 11.6 Å². The molecule has 0 aliphatic rings. The molecule has 168 valence electrons. The van der Waals surface area contributed by atoms with Crippen LogP contribution in [-0.4, -0.2) is 13.7 Å². The van der Waals surface area contributed by atoms with E-state index in [-0.39, 0.29) is 5.56 Å². The van der Waals surface area contributed by atoms with Gasteiger partial charge in [0.2, 0.25) is 0 Å². The third-order valence-corrected chi connectivity index (χ3v) is 5.14. The van der Waals surface area contributed by atoms with Crippen LogP contribution in [0.4, 0.5) is 17.6 Å². The van der Waals surface area contributed by atoms with E-state index in [1.165, 1.54) is 19.2 Å². The molecule has 0 saturated heterocycles. The predicted octanol–water partition coefficient (Wildman–Crippen LogP) is 6.38. The molecule has 0 spiro atoms. The van der Waals surface area contributed by atoms with Crippen molar-refractivity contribution in [2.75, 3.05) is 13.7 Å². The van der Waals surface area contributed by atoms with Crippen LogP contribution in [0.1, 0.15) is 27.8 Å². The highest BCUT2D eigenvalue weighted by molar-refractivity contribution is 5.84. The summed E-state index contributed by atoms with van der Waals surface area (Å²) in [5, 5.41) is 1.15. The maximum absolute atomic E-state index is 14.3. The second kappa shape index (κ2) is 10.3. The maximum atomic E-state index is 14.3. The van der Waals surface area contributed by atoms with Gasteiger partial charge in [-0.1, -0.05) is 29.7 Å². The number of ether oxygens (including phenoxy) is 1. The van der Waals surface area contributed by atoms with Crippen molar-refractivity contribution in [3.63, 3.8) is 0 Å². The maximum Gasteiger partial charge on any atom is 0.159 e. The summed E-state index contributed by atoms with van der Waals surface area (Å²) in [7, 11) is 1.53. The van der Waals surface area contributed by atoms with Crippen LogP contribution in [0.25, 0.3) is 10.8 Å². The molecule has 34 heavy (non-hydrogen) atoms. The van der Waals surface area contributed by atoms with Gasteiger partial charge in [-0.3, -0.25) is 0 Å². The first kappa shape index (κ1) is 23.1. The third-order valence-electron chi connectivity index (χ3n) is 5.14. The number of fused-ring (bicyclic) bond motifs is 1. The van der Waals surface area contributed by atoms with Gasteiger partial charge in [0.05, 0.1) is 12.2 Å². The van der Waals surface area contributed by atoms with Crippen molar-refractivity contribution in [3.05, 3.63) is 118 Å². The second-order valence-corrected chi connectivity index (χ2v) is 7.58. The summed E-state index contributed by atoms with van der Waals surface area (Å²) in [6.45, 7) is 0.374. The van der Waals surface area contributed by atoms with Gasteiger partial charge in [0.15, 0.2) is 11.6 Å². The van der Waals surface area contributed by atoms with Crippen molar-refractivity contribution in [1.82, 2.24) is 0 Å². The highest BCUT2D eigenvalue weighted by Crippen LogP contribution is 2.20. The lowest BCUT2D eigenvalue weighted by Gasteiger charge is -2.03. The molecule has 0 N–H and O–H groups in total. The molecule has 0 bridgehead atoms. The van der Waals surface area contributed by atoms with E-state index in [1.807, 2.05) is 0 Å². The lowest BCUT2D eigenvalue weighted by atomic mass is 10.1. The molecule has 0 aliphatic carbocycles. The average Bonchev–Trinajstić information content (AvgIpc) is 2.82. The Kier molecular flexibility index (Phi) is 6.97. The molecule has 0 amide bonds. The zero-order valence-electron chi connectivity index (χ0n) is 18.2. The Morgan fingerprint density at radius 1 is 0.588 bits per heavy atom. The van der Waals surface area contributed by atoms with Gasteiger partial charge < -0.3 is 4.74 Å². The van der Waals surface area contributed by atoms with E-state index >= 15 is 0 Å². The third kappa shape index (κ3) is 5.46. The smallest absolute Gasteiger partial charge is 0.159 e. The molecule has 0 unspecified atom stereocenters. The van der Waals surface area contributed by atoms with E-state index in [9.17, 15) is 17.6 Å². The van der Waals surface area contributed by atoms with Crippen LogP contribution in [0, 0.1) is 47.0 Å². The normalized spacial score (nSPS) is 10.4. The first-order chi connectivity index (χ1) is 16.4. The van der Waals surface area contributed by atoms with Crippen LogP contribution in [0.2, 0.25) is 0 Å². The van der Waals surface area contributed by atoms with Gasteiger partial charge in [-0.05, 0) is 83.4 Å². The van der Waals surface area contributed by atoms with E-state index in [0.717, 1.165) is 12.1 Å². The highest BCUT2D eigenvalue weighted by Gasteiger charge is 2.09. The van der Waals surface area contributed by atoms with Crippen molar-refractivity contribution in [3.8, 4) is 23.7 Å². The summed E-state index contributed by atoms with van der Waals surface area (Å²) in [5.41, 5.74) is 2.17.